The number of ether oxygens (including phenoxy) is 1. The van der Waals surface area contributed by atoms with Gasteiger partial charge < -0.3 is 19.5 Å². The van der Waals surface area contributed by atoms with Crippen molar-refractivity contribution < 1.29 is 14.1 Å². The van der Waals surface area contributed by atoms with Crippen LogP contribution in [0.5, 0.6) is 5.75 Å². The van der Waals surface area contributed by atoms with Gasteiger partial charge in [0.25, 0.3) is 5.71 Å². The summed E-state index contributed by atoms with van der Waals surface area (Å²) in [5.74, 6) is 3.40. The lowest BCUT2D eigenvalue weighted by Crippen LogP contribution is -2.39. The average molecular weight is 452 g/mol. The molecular weight excluding hydrogens is 418 g/mol. The summed E-state index contributed by atoms with van der Waals surface area (Å²) in [6.45, 7) is 11.3. The van der Waals surface area contributed by atoms with E-state index in [0.29, 0.717) is 49.4 Å². The molecule has 176 valence electrons. The van der Waals surface area contributed by atoms with Crippen molar-refractivity contribution in [2.24, 2.45) is 11.8 Å². The van der Waals surface area contributed by atoms with Crippen molar-refractivity contribution in [3.63, 3.8) is 0 Å². The standard InChI is InChI=1S/C25H33N5O3/c1-5-32-20-9-7-6-8-19(20)13-26-22(31)11-10-21-27-24(23-18(4)29-33-25(23)28-21)30-14-16(2)12-17(3)15-30/h6-9,16-17H,5,10-15H2,1-4H3,(H,26,31). The number of para-hydroxylation sites is 1. The molecule has 0 aliphatic carbocycles. The van der Waals surface area contributed by atoms with E-state index in [1.165, 1.54) is 6.42 Å². The molecule has 0 bridgehead atoms. The third-order valence-corrected chi connectivity index (χ3v) is 6.03. The van der Waals surface area contributed by atoms with Crippen molar-refractivity contribution in [1.29, 1.82) is 0 Å². The van der Waals surface area contributed by atoms with Crippen LogP contribution in [0.1, 0.15) is 50.7 Å². The number of hydrogen-bond donors (Lipinski definition) is 1. The monoisotopic (exact) mass is 451 g/mol. The Bertz CT molecular complexity index is 1100. The summed E-state index contributed by atoms with van der Waals surface area (Å²) in [4.78, 5) is 24.3. The normalized spacial score (nSPS) is 18.5. The lowest BCUT2D eigenvalue weighted by Gasteiger charge is -2.36. The Morgan fingerprint density at radius 2 is 1.97 bits per heavy atom. The van der Waals surface area contributed by atoms with E-state index in [0.717, 1.165) is 41.3 Å². The Morgan fingerprint density at radius 1 is 1.21 bits per heavy atom. The Labute approximate surface area is 194 Å². The number of rotatable bonds is 8. The fourth-order valence-corrected chi connectivity index (χ4v) is 4.64. The summed E-state index contributed by atoms with van der Waals surface area (Å²) in [7, 11) is 0. The first kappa shape index (κ1) is 23.0. The Kier molecular flexibility index (Phi) is 7.11. The first-order valence-electron chi connectivity index (χ1n) is 11.8. The lowest BCUT2D eigenvalue weighted by molar-refractivity contribution is -0.121. The molecule has 1 amide bonds. The molecule has 1 aliphatic rings. The zero-order chi connectivity index (χ0) is 23.4. The van der Waals surface area contributed by atoms with Gasteiger partial charge in [-0.25, -0.2) is 4.98 Å². The number of nitrogens with one attached hydrogen (secondary N) is 1. The number of aryl methyl sites for hydroxylation is 2. The van der Waals surface area contributed by atoms with Gasteiger partial charge in [0.1, 0.15) is 22.8 Å². The van der Waals surface area contributed by atoms with Crippen LogP contribution < -0.4 is 15.0 Å². The number of anilines is 1. The smallest absolute Gasteiger partial charge is 0.263 e. The Hall–Kier alpha value is -3.16. The Balaban J connectivity index is 1.45. The molecule has 8 heteroatoms. The summed E-state index contributed by atoms with van der Waals surface area (Å²) in [5.41, 5.74) is 2.24. The van der Waals surface area contributed by atoms with E-state index >= 15 is 0 Å². The Morgan fingerprint density at radius 3 is 2.73 bits per heavy atom. The maximum atomic E-state index is 12.5. The van der Waals surface area contributed by atoms with E-state index in [1.807, 2.05) is 38.1 Å². The second-order valence-corrected chi connectivity index (χ2v) is 9.08. The molecule has 1 aromatic carbocycles. The van der Waals surface area contributed by atoms with Gasteiger partial charge >= 0.3 is 0 Å². The van der Waals surface area contributed by atoms with E-state index in [-0.39, 0.29) is 5.91 Å². The number of carbonyl (C=O) groups excluding carboxylic acids is 1. The molecular formula is C25H33N5O3. The average Bonchev–Trinajstić information content (AvgIpc) is 3.17. The molecule has 0 radical (unpaired) electrons. The van der Waals surface area contributed by atoms with Crippen LogP contribution in [0, 0.1) is 18.8 Å². The van der Waals surface area contributed by atoms with Gasteiger partial charge in [-0.15, -0.1) is 0 Å². The van der Waals surface area contributed by atoms with Crippen LogP contribution in [0.3, 0.4) is 0 Å². The number of aromatic nitrogens is 3. The highest BCUT2D eigenvalue weighted by molar-refractivity contribution is 5.88. The highest BCUT2D eigenvalue weighted by Gasteiger charge is 2.27. The van der Waals surface area contributed by atoms with Gasteiger partial charge in [-0.05, 0) is 38.2 Å². The SMILES string of the molecule is CCOc1ccccc1CNC(=O)CCc1nc(N2CC(C)CC(C)C2)c2c(C)noc2n1. The zero-order valence-corrected chi connectivity index (χ0v) is 19.9. The van der Waals surface area contributed by atoms with Crippen LogP contribution in [-0.2, 0) is 17.8 Å². The predicted molar refractivity (Wildman–Crippen MR) is 127 cm³/mol. The third kappa shape index (κ3) is 5.43. The molecule has 8 nitrogen and oxygen atoms in total. The van der Waals surface area contributed by atoms with Gasteiger partial charge in [-0.3, -0.25) is 4.79 Å². The van der Waals surface area contributed by atoms with Crippen LogP contribution in [-0.4, -0.2) is 40.7 Å². The van der Waals surface area contributed by atoms with Crippen LogP contribution in [0.2, 0.25) is 0 Å². The van der Waals surface area contributed by atoms with Gasteiger partial charge in [-0.1, -0.05) is 37.2 Å². The number of piperidine rings is 1. The topological polar surface area (TPSA) is 93.4 Å². The lowest BCUT2D eigenvalue weighted by atomic mass is 9.92. The second kappa shape index (κ2) is 10.2. The molecule has 2 atom stereocenters. The minimum Gasteiger partial charge on any atom is -0.494 e. The van der Waals surface area contributed by atoms with Gasteiger partial charge in [0, 0.05) is 38.0 Å². The molecule has 33 heavy (non-hydrogen) atoms. The minimum absolute atomic E-state index is 0.0551. The van der Waals surface area contributed by atoms with E-state index in [9.17, 15) is 4.79 Å². The van der Waals surface area contributed by atoms with Crippen molar-refractivity contribution in [2.45, 2.75) is 53.5 Å². The molecule has 0 saturated carbocycles. The van der Waals surface area contributed by atoms with Crippen LogP contribution in [0.4, 0.5) is 5.82 Å². The number of nitrogens with zero attached hydrogens (tertiary/aromatic N) is 4. The summed E-state index contributed by atoms with van der Waals surface area (Å²) >= 11 is 0. The van der Waals surface area contributed by atoms with E-state index in [1.54, 1.807) is 0 Å². The molecule has 1 saturated heterocycles. The number of fused-ring (bicyclic) bond motifs is 1. The predicted octanol–water partition coefficient (Wildman–Crippen LogP) is 4.06. The molecule has 3 heterocycles. The third-order valence-electron chi connectivity index (χ3n) is 6.03. The second-order valence-electron chi connectivity index (χ2n) is 9.08. The first-order valence-corrected chi connectivity index (χ1v) is 11.8. The van der Waals surface area contributed by atoms with Crippen molar-refractivity contribution in [3.8, 4) is 5.75 Å². The van der Waals surface area contributed by atoms with Crippen LogP contribution in [0.25, 0.3) is 11.1 Å². The van der Waals surface area contributed by atoms with Crippen LogP contribution in [0.15, 0.2) is 28.8 Å². The van der Waals surface area contributed by atoms with Gasteiger partial charge in [0.15, 0.2) is 0 Å². The molecule has 1 fully saturated rings. The summed E-state index contributed by atoms with van der Waals surface area (Å²) < 4.78 is 11.1. The summed E-state index contributed by atoms with van der Waals surface area (Å²) in [5, 5.41) is 7.97. The number of hydrogen-bond acceptors (Lipinski definition) is 7. The summed E-state index contributed by atoms with van der Waals surface area (Å²) in [6, 6.07) is 7.74. The molecule has 2 aromatic heterocycles. The quantitative estimate of drug-likeness (QED) is 0.552. The molecule has 0 spiro atoms. The largest absolute Gasteiger partial charge is 0.494 e. The van der Waals surface area contributed by atoms with Crippen LogP contribution >= 0.6 is 0 Å². The van der Waals surface area contributed by atoms with Crippen molar-refractivity contribution in [1.82, 2.24) is 20.4 Å². The minimum atomic E-state index is -0.0551. The number of amides is 1. The molecule has 3 aromatic rings. The highest BCUT2D eigenvalue weighted by atomic mass is 16.5. The van der Waals surface area contributed by atoms with Crippen molar-refractivity contribution in [2.75, 3.05) is 24.6 Å². The van der Waals surface area contributed by atoms with E-state index in [4.69, 9.17) is 14.2 Å². The van der Waals surface area contributed by atoms with Gasteiger partial charge in [-0.2, -0.15) is 4.98 Å². The fourth-order valence-electron chi connectivity index (χ4n) is 4.64. The summed E-state index contributed by atoms with van der Waals surface area (Å²) in [6.07, 6.45) is 1.94. The van der Waals surface area contributed by atoms with Gasteiger partial charge in [0.05, 0.1) is 12.3 Å². The molecule has 2 unspecified atom stereocenters. The number of carbonyl (C=O) groups is 1. The molecule has 1 N–H and O–H groups in total. The van der Waals surface area contributed by atoms with E-state index in [2.05, 4.69) is 34.2 Å². The van der Waals surface area contributed by atoms with Crippen molar-refractivity contribution in [3.05, 3.63) is 41.3 Å². The molecule has 1 aliphatic heterocycles. The van der Waals surface area contributed by atoms with Crippen molar-refractivity contribution >= 4 is 22.8 Å². The zero-order valence-electron chi connectivity index (χ0n) is 19.9. The van der Waals surface area contributed by atoms with E-state index < -0.39 is 0 Å². The highest BCUT2D eigenvalue weighted by Crippen LogP contribution is 2.32. The maximum Gasteiger partial charge on any atom is 0.263 e. The number of benzene rings is 1. The molecule has 4 rings (SSSR count). The first-order chi connectivity index (χ1) is 15.9. The maximum absolute atomic E-state index is 12.5. The fraction of sp³-hybridized carbons (Fsp3) is 0.520. The van der Waals surface area contributed by atoms with Gasteiger partial charge in [0.2, 0.25) is 5.91 Å².